The minimum atomic E-state index is -3.37. The first-order chi connectivity index (χ1) is 11.5. The lowest BCUT2D eigenvalue weighted by Gasteiger charge is -2.33. The van der Waals surface area contributed by atoms with Crippen molar-refractivity contribution in [1.82, 2.24) is 9.97 Å². The number of rotatable bonds is 5. The molecule has 0 aliphatic carbocycles. The molecule has 0 amide bonds. The Morgan fingerprint density at radius 3 is 2.58 bits per heavy atom. The summed E-state index contributed by atoms with van der Waals surface area (Å²) in [6.45, 7) is 1.96. The standard InChI is InChI=1S/C16H21N3O4S/c1-22-16-15-13(3-7-18-16)14(4-8-17-15)19-9-5-12(6-10-19)11-23-24(2,20)21/h3-4,7-8,12H,5-6,9-11H2,1-2H3. The summed E-state index contributed by atoms with van der Waals surface area (Å²) >= 11 is 0. The highest BCUT2D eigenvalue weighted by Crippen LogP contribution is 2.32. The molecule has 3 heterocycles. The van der Waals surface area contributed by atoms with Gasteiger partial charge in [-0.25, -0.2) is 4.98 Å². The number of fused-ring (bicyclic) bond motifs is 1. The molecule has 0 radical (unpaired) electrons. The van der Waals surface area contributed by atoms with Gasteiger partial charge < -0.3 is 9.64 Å². The maximum absolute atomic E-state index is 11.1. The van der Waals surface area contributed by atoms with Crippen molar-refractivity contribution in [2.24, 2.45) is 5.92 Å². The fourth-order valence-electron chi connectivity index (χ4n) is 3.02. The first-order valence-electron chi connectivity index (χ1n) is 7.85. The van der Waals surface area contributed by atoms with E-state index in [0.717, 1.165) is 48.8 Å². The first-order valence-corrected chi connectivity index (χ1v) is 9.66. The number of hydrogen-bond acceptors (Lipinski definition) is 7. The second kappa shape index (κ2) is 6.90. The van der Waals surface area contributed by atoms with Gasteiger partial charge in [-0.15, -0.1) is 0 Å². The third kappa shape index (κ3) is 3.76. The number of nitrogens with zero attached hydrogens (tertiary/aromatic N) is 3. The quantitative estimate of drug-likeness (QED) is 0.760. The van der Waals surface area contributed by atoms with Crippen LogP contribution in [0.3, 0.4) is 0 Å². The van der Waals surface area contributed by atoms with Gasteiger partial charge in [0.05, 0.1) is 20.0 Å². The number of aromatic nitrogens is 2. The smallest absolute Gasteiger partial charge is 0.264 e. The first kappa shape index (κ1) is 16.9. The van der Waals surface area contributed by atoms with Crippen LogP contribution in [0.15, 0.2) is 24.5 Å². The summed E-state index contributed by atoms with van der Waals surface area (Å²) in [5, 5.41) is 1.01. The van der Waals surface area contributed by atoms with E-state index < -0.39 is 10.1 Å². The Labute approximate surface area is 141 Å². The zero-order valence-electron chi connectivity index (χ0n) is 13.8. The van der Waals surface area contributed by atoms with Gasteiger partial charge in [-0.3, -0.25) is 9.17 Å². The van der Waals surface area contributed by atoms with Crippen molar-refractivity contribution in [3.8, 4) is 5.88 Å². The molecule has 0 spiro atoms. The van der Waals surface area contributed by atoms with Crippen molar-refractivity contribution in [1.29, 1.82) is 0 Å². The number of methoxy groups -OCH3 is 1. The fourth-order valence-corrected chi connectivity index (χ4v) is 3.46. The minimum Gasteiger partial charge on any atom is -0.479 e. The highest BCUT2D eigenvalue weighted by Gasteiger charge is 2.22. The van der Waals surface area contributed by atoms with Crippen molar-refractivity contribution >= 4 is 26.7 Å². The molecule has 7 nitrogen and oxygen atoms in total. The molecule has 1 aliphatic heterocycles. The molecule has 130 valence electrons. The Bertz CT molecular complexity index is 817. The molecule has 8 heteroatoms. The van der Waals surface area contributed by atoms with Gasteiger partial charge in [0.1, 0.15) is 5.52 Å². The van der Waals surface area contributed by atoms with E-state index in [0.29, 0.717) is 5.88 Å². The number of piperidine rings is 1. The molecule has 0 bridgehead atoms. The second-order valence-electron chi connectivity index (χ2n) is 5.97. The molecule has 0 saturated carbocycles. The third-order valence-electron chi connectivity index (χ3n) is 4.27. The monoisotopic (exact) mass is 351 g/mol. The number of anilines is 1. The lowest BCUT2D eigenvalue weighted by atomic mass is 9.97. The second-order valence-corrected chi connectivity index (χ2v) is 7.61. The number of pyridine rings is 2. The highest BCUT2D eigenvalue weighted by atomic mass is 32.2. The average Bonchev–Trinajstić information content (AvgIpc) is 2.59. The van der Waals surface area contributed by atoms with Gasteiger partial charge in [-0.05, 0) is 30.9 Å². The van der Waals surface area contributed by atoms with Crippen LogP contribution < -0.4 is 9.64 Å². The molecule has 0 atom stereocenters. The van der Waals surface area contributed by atoms with E-state index in [-0.39, 0.29) is 12.5 Å². The van der Waals surface area contributed by atoms with Crippen LogP contribution in [-0.4, -0.2) is 51.4 Å². The summed E-state index contributed by atoms with van der Waals surface area (Å²) in [5.74, 6) is 0.783. The summed E-state index contributed by atoms with van der Waals surface area (Å²) < 4.78 is 32.4. The lowest BCUT2D eigenvalue weighted by molar-refractivity contribution is 0.230. The Morgan fingerprint density at radius 2 is 1.92 bits per heavy atom. The Hall–Kier alpha value is -1.93. The summed E-state index contributed by atoms with van der Waals surface area (Å²) in [4.78, 5) is 10.9. The summed E-state index contributed by atoms with van der Waals surface area (Å²) in [6, 6.07) is 3.94. The van der Waals surface area contributed by atoms with Gasteiger partial charge in [-0.1, -0.05) is 0 Å². The van der Waals surface area contributed by atoms with Gasteiger partial charge >= 0.3 is 0 Å². The van der Waals surface area contributed by atoms with Crippen molar-refractivity contribution in [2.75, 3.05) is 38.0 Å². The van der Waals surface area contributed by atoms with E-state index in [2.05, 4.69) is 14.9 Å². The van der Waals surface area contributed by atoms with Crippen LogP contribution in [0, 0.1) is 5.92 Å². The molecule has 0 aromatic carbocycles. The molecule has 2 aromatic heterocycles. The van der Waals surface area contributed by atoms with Crippen molar-refractivity contribution in [3.05, 3.63) is 24.5 Å². The van der Waals surface area contributed by atoms with E-state index in [1.165, 1.54) is 0 Å². The molecular formula is C16H21N3O4S. The third-order valence-corrected chi connectivity index (χ3v) is 4.83. The van der Waals surface area contributed by atoms with Crippen LogP contribution >= 0.6 is 0 Å². The predicted octanol–water partition coefficient (Wildman–Crippen LogP) is 1.83. The summed E-state index contributed by atoms with van der Waals surface area (Å²) in [6.07, 6.45) is 6.36. The molecular weight excluding hydrogens is 330 g/mol. The molecule has 0 N–H and O–H groups in total. The minimum absolute atomic E-state index is 0.264. The predicted molar refractivity (Wildman–Crippen MR) is 91.8 cm³/mol. The maximum Gasteiger partial charge on any atom is 0.264 e. The Morgan fingerprint density at radius 1 is 1.21 bits per heavy atom. The molecule has 1 aliphatic rings. The van der Waals surface area contributed by atoms with Gasteiger partial charge in [0, 0.05) is 36.6 Å². The van der Waals surface area contributed by atoms with E-state index in [4.69, 9.17) is 8.92 Å². The summed E-state index contributed by atoms with van der Waals surface area (Å²) in [7, 11) is -1.78. The number of ether oxygens (including phenoxy) is 1. The van der Waals surface area contributed by atoms with Crippen molar-refractivity contribution in [3.63, 3.8) is 0 Å². The molecule has 24 heavy (non-hydrogen) atoms. The van der Waals surface area contributed by atoms with E-state index in [9.17, 15) is 8.42 Å². The van der Waals surface area contributed by atoms with Crippen LogP contribution in [0.25, 0.3) is 10.9 Å². The highest BCUT2D eigenvalue weighted by molar-refractivity contribution is 7.85. The Balaban J connectivity index is 1.74. The van der Waals surface area contributed by atoms with Crippen LogP contribution in [0.5, 0.6) is 5.88 Å². The van der Waals surface area contributed by atoms with Crippen LogP contribution in [-0.2, 0) is 14.3 Å². The SMILES string of the molecule is COc1nccc2c(N3CCC(COS(C)(=O)=O)CC3)ccnc12. The maximum atomic E-state index is 11.1. The molecule has 3 rings (SSSR count). The summed E-state index contributed by atoms with van der Waals surface area (Å²) in [5.41, 5.74) is 1.85. The van der Waals surface area contributed by atoms with Crippen molar-refractivity contribution in [2.45, 2.75) is 12.8 Å². The lowest BCUT2D eigenvalue weighted by Crippen LogP contribution is -2.35. The topological polar surface area (TPSA) is 81.6 Å². The zero-order chi connectivity index (χ0) is 17.2. The van der Waals surface area contributed by atoms with Gasteiger partial charge in [0.15, 0.2) is 0 Å². The number of hydrogen-bond donors (Lipinski definition) is 0. The Kier molecular flexibility index (Phi) is 4.86. The van der Waals surface area contributed by atoms with Crippen molar-refractivity contribution < 1.29 is 17.3 Å². The van der Waals surface area contributed by atoms with Crippen LogP contribution in [0.2, 0.25) is 0 Å². The average molecular weight is 351 g/mol. The zero-order valence-corrected chi connectivity index (χ0v) is 14.6. The van der Waals surface area contributed by atoms with Crippen LogP contribution in [0.1, 0.15) is 12.8 Å². The van der Waals surface area contributed by atoms with Gasteiger partial charge in [0.25, 0.3) is 10.1 Å². The molecule has 1 fully saturated rings. The van der Waals surface area contributed by atoms with E-state index in [1.54, 1.807) is 19.5 Å². The molecule has 0 unspecified atom stereocenters. The molecule has 1 saturated heterocycles. The van der Waals surface area contributed by atoms with E-state index >= 15 is 0 Å². The molecule has 2 aromatic rings. The fraction of sp³-hybridized carbons (Fsp3) is 0.500. The van der Waals surface area contributed by atoms with Gasteiger partial charge in [-0.2, -0.15) is 8.42 Å². The largest absolute Gasteiger partial charge is 0.479 e. The van der Waals surface area contributed by atoms with Crippen LogP contribution in [0.4, 0.5) is 5.69 Å². The van der Waals surface area contributed by atoms with Gasteiger partial charge in [0.2, 0.25) is 5.88 Å². The normalized spacial score (nSPS) is 16.5. The van der Waals surface area contributed by atoms with E-state index in [1.807, 2.05) is 12.1 Å².